The molecule has 37 heavy (non-hydrogen) atoms. The van der Waals surface area contributed by atoms with Crippen LogP contribution in [-0.4, -0.2) is 45.4 Å². The molecule has 7 nitrogen and oxygen atoms in total. The highest BCUT2D eigenvalue weighted by Gasteiger charge is 2.60. The molecule has 1 saturated heterocycles. The fourth-order valence-electron chi connectivity index (χ4n) is 4.37. The lowest BCUT2D eigenvalue weighted by Crippen LogP contribution is -2.42. The number of aliphatic hydroxyl groups excluding tert-OH is 1. The topological polar surface area (TPSA) is 90.7 Å². The van der Waals surface area contributed by atoms with Crippen molar-refractivity contribution >= 4 is 5.97 Å². The van der Waals surface area contributed by atoms with Crippen molar-refractivity contribution < 1.29 is 28.2 Å². The first-order valence-corrected chi connectivity index (χ1v) is 13.8. The van der Waals surface area contributed by atoms with Gasteiger partial charge in [-0.1, -0.05) is 70.4 Å². The monoisotopic (exact) mass is 526 g/mol. The molecule has 3 unspecified atom stereocenters. The van der Waals surface area contributed by atoms with Gasteiger partial charge in [-0.15, -0.1) is 0 Å². The zero-order chi connectivity index (χ0) is 27.1. The fourth-order valence-corrected chi connectivity index (χ4v) is 4.37. The molecule has 3 atom stereocenters. The summed E-state index contributed by atoms with van der Waals surface area (Å²) >= 11 is 0. The van der Waals surface area contributed by atoms with Gasteiger partial charge in [-0.3, -0.25) is 9.36 Å². The van der Waals surface area contributed by atoms with E-state index in [1.54, 1.807) is 6.92 Å². The summed E-state index contributed by atoms with van der Waals surface area (Å²) in [4.78, 5) is 27.6. The van der Waals surface area contributed by atoms with Crippen molar-refractivity contribution in [2.75, 3.05) is 6.61 Å². The second kappa shape index (κ2) is 16.7. The largest absolute Gasteiger partial charge is 0.463 e. The number of allylic oxidation sites excluding steroid dienone is 2. The van der Waals surface area contributed by atoms with Crippen molar-refractivity contribution in [3.63, 3.8) is 0 Å². The number of hydrogen-bond donors (Lipinski definition) is 1. The second-order valence-corrected chi connectivity index (χ2v) is 9.92. The van der Waals surface area contributed by atoms with Crippen LogP contribution in [0.25, 0.3) is 0 Å². The second-order valence-electron chi connectivity index (χ2n) is 9.92. The average Bonchev–Trinajstić information content (AvgIpc) is 3.08. The number of aromatic nitrogens is 2. The third-order valence-corrected chi connectivity index (χ3v) is 6.65. The first-order valence-electron chi connectivity index (χ1n) is 13.8. The van der Waals surface area contributed by atoms with Gasteiger partial charge in [0.2, 0.25) is 6.23 Å². The highest BCUT2D eigenvalue weighted by Crippen LogP contribution is 2.42. The van der Waals surface area contributed by atoms with Gasteiger partial charge in [0, 0.05) is 18.3 Å². The highest BCUT2D eigenvalue weighted by atomic mass is 19.3. The molecule has 0 spiro atoms. The van der Waals surface area contributed by atoms with Crippen LogP contribution in [0.4, 0.5) is 8.78 Å². The van der Waals surface area contributed by atoms with Crippen LogP contribution in [0.5, 0.6) is 0 Å². The van der Waals surface area contributed by atoms with Gasteiger partial charge in [-0.2, -0.15) is 13.8 Å². The molecule has 1 aliphatic heterocycles. The summed E-state index contributed by atoms with van der Waals surface area (Å²) in [5, 5.41) is 10.0. The lowest BCUT2D eigenvalue weighted by atomic mass is 10.1. The molecular weight excluding hydrogens is 482 g/mol. The number of carbonyl (C=O) groups excluding carboxylic acids is 1. The summed E-state index contributed by atoms with van der Waals surface area (Å²) in [7, 11) is 0. The molecule has 0 aliphatic carbocycles. The number of hydrogen-bond acceptors (Lipinski definition) is 6. The van der Waals surface area contributed by atoms with Gasteiger partial charge < -0.3 is 14.6 Å². The zero-order valence-electron chi connectivity index (χ0n) is 22.4. The minimum absolute atomic E-state index is 0.183. The van der Waals surface area contributed by atoms with Gasteiger partial charge in [-0.25, -0.2) is 4.79 Å². The molecule has 2 heterocycles. The quantitative estimate of drug-likeness (QED) is 0.143. The lowest BCUT2D eigenvalue weighted by Gasteiger charge is -2.20. The Balaban J connectivity index is 1.54. The fraction of sp³-hybridized carbons (Fsp3) is 0.750. The summed E-state index contributed by atoms with van der Waals surface area (Å²) in [5.74, 6) is -4.25. The van der Waals surface area contributed by atoms with E-state index in [1.807, 2.05) is 0 Å². The van der Waals surface area contributed by atoms with Gasteiger partial charge in [0.05, 0.1) is 0 Å². The normalized spacial score (nSPS) is 21.1. The number of rotatable bonds is 18. The predicted molar refractivity (Wildman–Crippen MR) is 139 cm³/mol. The molecule has 2 rings (SSSR count). The van der Waals surface area contributed by atoms with E-state index in [2.05, 4.69) is 24.1 Å². The number of unbranched alkanes of at least 4 members (excludes halogenated alkanes) is 11. The summed E-state index contributed by atoms with van der Waals surface area (Å²) in [6.07, 6.45) is 15.2. The van der Waals surface area contributed by atoms with Gasteiger partial charge in [0.1, 0.15) is 12.7 Å². The Morgan fingerprint density at radius 2 is 1.68 bits per heavy atom. The van der Waals surface area contributed by atoms with E-state index in [0.717, 1.165) is 44.7 Å². The van der Waals surface area contributed by atoms with Gasteiger partial charge in [-0.05, 0) is 45.1 Å². The number of nitrogens with zero attached hydrogens (tertiary/aromatic N) is 2. The average molecular weight is 527 g/mol. The van der Waals surface area contributed by atoms with Crippen LogP contribution >= 0.6 is 0 Å². The maximum atomic E-state index is 14.5. The molecule has 1 aliphatic rings. The number of esters is 1. The van der Waals surface area contributed by atoms with Crippen LogP contribution in [0, 0.1) is 6.92 Å². The number of halogens is 2. The lowest BCUT2D eigenvalue weighted by molar-refractivity contribution is -0.150. The SMILES string of the molecule is CCCCCCCC/C=C/CCCCCCCC(=O)OCC1OC(n2ccc(C)nc2=O)C(F)(F)C1O. The van der Waals surface area contributed by atoms with E-state index in [9.17, 15) is 23.5 Å². The van der Waals surface area contributed by atoms with E-state index in [4.69, 9.17) is 9.47 Å². The summed E-state index contributed by atoms with van der Waals surface area (Å²) in [5.41, 5.74) is -0.525. The molecule has 1 fully saturated rings. The van der Waals surface area contributed by atoms with Crippen molar-refractivity contribution in [2.24, 2.45) is 0 Å². The Kier molecular flexibility index (Phi) is 14.0. The van der Waals surface area contributed by atoms with Crippen LogP contribution in [0.15, 0.2) is 29.2 Å². The number of carbonyl (C=O) groups is 1. The summed E-state index contributed by atoms with van der Waals surface area (Å²) in [6, 6.07) is 1.40. The van der Waals surface area contributed by atoms with Crippen molar-refractivity contribution in [3.05, 3.63) is 40.6 Å². The molecule has 210 valence electrons. The van der Waals surface area contributed by atoms with E-state index < -0.39 is 42.6 Å². The molecule has 0 bridgehead atoms. The Hall–Kier alpha value is -2.13. The molecule has 0 radical (unpaired) electrons. The maximum absolute atomic E-state index is 14.5. The zero-order valence-corrected chi connectivity index (χ0v) is 22.4. The first-order chi connectivity index (χ1) is 17.8. The van der Waals surface area contributed by atoms with Gasteiger partial charge in [0.25, 0.3) is 0 Å². The third-order valence-electron chi connectivity index (χ3n) is 6.65. The van der Waals surface area contributed by atoms with Gasteiger partial charge >= 0.3 is 17.6 Å². The Bertz CT molecular complexity index is 890. The van der Waals surface area contributed by atoms with Crippen molar-refractivity contribution in [3.8, 4) is 0 Å². The Labute approximate surface area is 219 Å². The van der Waals surface area contributed by atoms with Crippen molar-refractivity contribution in [2.45, 2.75) is 128 Å². The summed E-state index contributed by atoms with van der Waals surface area (Å²) in [6.45, 7) is 3.29. The smallest absolute Gasteiger partial charge is 0.350 e. The molecule has 0 aromatic carbocycles. The number of alkyl halides is 2. The number of aryl methyl sites for hydroxylation is 1. The Morgan fingerprint density at radius 3 is 2.30 bits per heavy atom. The Morgan fingerprint density at radius 1 is 1.08 bits per heavy atom. The number of ether oxygens (including phenoxy) is 2. The van der Waals surface area contributed by atoms with E-state index in [1.165, 1.54) is 44.6 Å². The number of aliphatic hydroxyl groups is 1. The third kappa shape index (κ3) is 10.6. The minimum atomic E-state index is -3.73. The van der Waals surface area contributed by atoms with Crippen LogP contribution in [-0.2, 0) is 14.3 Å². The molecule has 0 amide bonds. The predicted octanol–water partition coefficient (Wildman–Crippen LogP) is 6.03. The maximum Gasteiger partial charge on any atom is 0.350 e. The molecular formula is C28H44F2N2O5. The molecule has 1 aromatic rings. The van der Waals surface area contributed by atoms with Crippen LogP contribution in [0.3, 0.4) is 0 Å². The van der Waals surface area contributed by atoms with E-state index in [0.29, 0.717) is 16.7 Å². The van der Waals surface area contributed by atoms with Crippen LogP contribution in [0.2, 0.25) is 0 Å². The van der Waals surface area contributed by atoms with Crippen LogP contribution < -0.4 is 5.69 Å². The molecule has 1 N–H and O–H groups in total. The van der Waals surface area contributed by atoms with E-state index in [-0.39, 0.29) is 6.42 Å². The van der Waals surface area contributed by atoms with Gasteiger partial charge in [0.15, 0.2) is 6.10 Å². The van der Waals surface area contributed by atoms with Crippen molar-refractivity contribution in [1.82, 2.24) is 9.55 Å². The minimum Gasteiger partial charge on any atom is -0.463 e. The standard InChI is InChI=1S/C28H44F2N2O5/c1-3-4-5-6-7-8-9-10-11-12-13-14-15-16-17-18-24(33)36-21-23-25(34)28(29,30)26(37-23)32-20-19-22(2)31-27(32)35/h10-11,19-20,23,25-26,34H,3-9,12-18,21H2,1-2H3/b11-10+. The van der Waals surface area contributed by atoms with Crippen LogP contribution in [0.1, 0.15) is 109 Å². The van der Waals surface area contributed by atoms with Crippen molar-refractivity contribution in [1.29, 1.82) is 0 Å². The van der Waals surface area contributed by atoms with E-state index >= 15 is 0 Å². The summed E-state index contributed by atoms with van der Waals surface area (Å²) < 4.78 is 40.0. The highest BCUT2D eigenvalue weighted by molar-refractivity contribution is 5.69. The molecule has 0 saturated carbocycles. The molecule has 1 aromatic heterocycles. The first kappa shape index (κ1) is 31.1. The molecule has 9 heteroatoms.